The number of nitrogen functional groups attached to an aromatic ring is 1. The van der Waals surface area contributed by atoms with Gasteiger partial charge in [0.25, 0.3) is 0 Å². The monoisotopic (exact) mass is 409 g/mol. The minimum absolute atomic E-state index is 0.0731. The highest BCUT2D eigenvalue weighted by molar-refractivity contribution is 5.83. The standard InChI is InChI=1S/C22H27N5O3/c1-22(2,3)30-21(29)26-15-10-16(13-28)27(12-15)20-9-14(5-6-18(20)23)17-11-25-8-7-19(17)24-4/h5-9,11,15-16,28H,10,12-13,23H2,1-3H3,(H,26,29)/t15-,16-/m0/s1. The van der Waals surface area contributed by atoms with Crippen LogP contribution in [0.15, 0.2) is 36.7 Å². The Kier molecular flexibility index (Phi) is 6.13. The smallest absolute Gasteiger partial charge is 0.407 e. The molecule has 2 aromatic rings. The van der Waals surface area contributed by atoms with Crippen molar-refractivity contribution in [2.24, 2.45) is 0 Å². The van der Waals surface area contributed by atoms with Crippen LogP contribution >= 0.6 is 0 Å². The number of rotatable bonds is 4. The summed E-state index contributed by atoms with van der Waals surface area (Å²) in [5.74, 6) is 0. The minimum atomic E-state index is -0.582. The average Bonchev–Trinajstić information content (AvgIpc) is 3.09. The van der Waals surface area contributed by atoms with E-state index < -0.39 is 11.7 Å². The fraction of sp³-hybridized carbons (Fsp3) is 0.409. The predicted molar refractivity (Wildman–Crippen MR) is 116 cm³/mol. The van der Waals surface area contributed by atoms with Crippen molar-refractivity contribution in [3.63, 3.8) is 0 Å². The van der Waals surface area contributed by atoms with Crippen LogP contribution in [0.3, 0.4) is 0 Å². The molecule has 1 aromatic heterocycles. The molecule has 1 amide bonds. The summed E-state index contributed by atoms with van der Waals surface area (Å²) in [4.78, 5) is 21.9. The Bertz CT molecular complexity index is 964. The minimum Gasteiger partial charge on any atom is -0.444 e. The Hall–Kier alpha value is -3.31. The van der Waals surface area contributed by atoms with E-state index in [1.165, 1.54) is 0 Å². The molecule has 8 nitrogen and oxygen atoms in total. The zero-order chi connectivity index (χ0) is 21.9. The van der Waals surface area contributed by atoms with Crippen LogP contribution in [0.2, 0.25) is 0 Å². The van der Waals surface area contributed by atoms with Gasteiger partial charge in [-0.05, 0) is 51.0 Å². The Morgan fingerprint density at radius 1 is 1.43 bits per heavy atom. The van der Waals surface area contributed by atoms with Crippen LogP contribution in [0.25, 0.3) is 16.0 Å². The van der Waals surface area contributed by atoms with Crippen molar-refractivity contribution in [3.05, 3.63) is 48.1 Å². The van der Waals surface area contributed by atoms with Gasteiger partial charge in [0, 0.05) is 24.5 Å². The number of amides is 1. The number of nitrogens with zero attached hydrogens (tertiary/aromatic N) is 3. The highest BCUT2D eigenvalue weighted by Gasteiger charge is 2.34. The molecule has 1 aliphatic rings. The van der Waals surface area contributed by atoms with Gasteiger partial charge in [0.15, 0.2) is 5.69 Å². The first-order chi connectivity index (χ1) is 14.2. The molecule has 0 saturated carbocycles. The van der Waals surface area contributed by atoms with E-state index in [-0.39, 0.29) is 18.7 Å². The fourth-order valence-electron chi connectivity index (χ4n) is 3.63. The highest BCUT2D eigenvalue weighted by Crippen LogP contribution is 2.37. The zero-order valence-corrected chi connectivity index (χ0v) is 17.4. The van der Waals surface area contributed by atoms with E-state index in [9.17, 15) is 9.90 Å². The topological polar surface area (TPSA) is 105 Å². The van der Waals surface area contributed by atoms with Crippen molar-refractivity contribution >= 4 is 23.2 Å². The van der Waals surface area contributed by atoms with E-state index >= 15 is 0 Å². The number of carbonyl (C=O) groups excluding carboxylic acids is 1. The van der Waals surface area contributed by atoms with E-state index in [1.807, 2.05) is 37.8 Å². The molecule has 3 rings (SSSR count). The van der Waals surface area contributed by atoms with Crippen molar-refractivity contribution in [2.45, 2.75) is 44.9 Å². The second kappa shape index (κ2) is 8.59. The summed E-state index contributed by atoms with van der Waals surface area (Å²) in [6, 6.07) is 6.83. The van der Waals surface area contributed by atoms with Gasteiger partial charge in [-0.3, -0.25) is 4.98 Å². The molecule has 30 heavy (non-hydrogen) atoms. The van der Waals surface area contributed by atoms with Crippen LogP contribution in [-0.4, -0.2) is 47.0 Å². The molecule has 1 saturated heterocycles. The Morgan fingerprint density at radius 3 is 2.87 bits per heavy atom. The second-order valence-corrected chi connectivity index (χ2v) is 8.35. The third-order valence-electron chi connectivity index (χ3n) is 4.92. The summed E-state index contributed by atoms with van der Waals surface area (Å²) in [5.41, 5.74) is 9.02. The van der Waals surface area contributed by atoms with Crippen molar-refractivity contribution < 1.29 is 14.6 Å². The first kappa shape index (κ1) is 21.4. The molecule has 0 bridgehead atoms. The van der Waals surface area contributed by atoms with Gasteiger partial charge in [0.2, 0.25) is 0 Å². The van der Waals surface area contributed by atoms with E-state index in [2.05, 4.69) is 15.1 Å². The van der Waals surface area contributed by atoms with Gasteiger partial charge in [0.05, 0.1) is 36.6 Å². The molecule has 1 fully saturated rings. The number of nitrogens with two attached hydrogens (primary N) is 1. The summed E-state index contributed by atoms with van der Waals surface area (Å²) in [7, 11) is 0. The summed E-state index contributed by atoms with van der Waals surface area (Å²) in [6.07, 6.45) is 3.33. The number of carbonyl (C=O) groups is 1. The van der Waals surface area contributed by atoms with Gasteiger partial charge in [-0.25, -0.2) is 9.64 Å². The lowest BCUT2D eigenvalue weighted by atomic mass is 10.0. The maximum atomic E-state index is 12.2. The lowest BCUT2D eigenvalue weighted by Gasteiger charge is -2.27. The van der Waals surface area contributed by atoms with Crippen molar-refractivity contribution in [1.29, 1.82) is 0 Å². The molecule has 2 atom stereocenters. The van der Waals surface area contributed by atoms with Crippen molar-refractivity contribution in [1.82, 2.24) is 10.3 Å². The largest absolute Gasteiger partial charge is 0.444 e. The van der Waals surface area contributed by atoms with Gasteiger partial charge in [-0.15, -0.1) is 0 Å². The Morgan fingerprint density at radius 2 is 2.20 bits per heavy atom. The number of aromatic nitrogens is 1. The third kappa shape index (κ3) is 4.81. The van der Waals surface area contributed by atoms with Gasteiger partial charge >= 0.3 is 6.09 Å². The van der Waals surface area contributed by atoms with Gasteiger partial charge < -0.3 is 25.8 Å². The molecule has 8 heteroatoms. The highest BCUT2D eigenvalue weighted by atomic mass is 16.6. The molecule has 158 valence electrons. The SMILES string of the molecule is [C-]#[N+]c1ccncc1-c1ccc(N)c(N2C[C@@H](NC(=O)OC(C)(C)C)C[C@H]2CO)c1. The number of alkyl carbamates (subject to hydrolysis) is 1. The quantitative estimate of drug-likeness (QED) is 0.528. The number of aliphatic hydroxyl groups is 1. The number of benzene rings is 1. The number of nitrogens with one attached hydrogen (secondary N) is 1. The van der Waals surface area contributed by atoms with Gasteiger partial charge in [-0.1, -0.05) is 6.07 Å². The predicted octanol–water partition coefficient (Wildman–Crippen LogP) is 3.35. The molecule has 2 heterocycles. The normalized spacial score (nSPS) is 18.7. The molecular formula is C22H27N5O3. The van der Waals surface area contributed by atoms with Crippen molar-refractivity contribution in [3.8, 4) is 11.1 Å². The lowest BCUT2D eigenvalue weighted by molar-refractivity contribution is 0.0507. The number of hydrogen-bond donors (Lipinski definition) is 3. The van der Waals surface area contributed by atoms with Crippen LogP contribution in [0.1, 0.15) is 27.2 Å². The maximum Gasteiger partial charge on any atom is 0.407 e. The zero-order valence-electron chi connectivity index (χ0n) is 17.4. The molecule has 4 N–H and O–H groups in total. The van der Waals surface area contributed by atoms with Crippen LogP contribution in [0.4, 0.5) is 21.9 Å². The summed E-state index contributed by atoms with van der Waals surface area (Å²) < 4.78 is 5.34. The van der Waals surface area contributed by atoms with Gasteiger partial charge in [-0.2, -0.15) is 0 Å². The summed E-state index contributed by atoms with van der Waals surface area (Å²) in [6.45, 7) is 13.2. The molecule has 0 unspecified atom stereocenters. The Labute approximate surface area is 176 Å². The summed E-state index contributed by atoms with van der Waals surface area (Å²) >= 11 is 0. The fourth-order valence-corrected chi connectivity index (χ4v) is 3.63. The van der Waals surface area contributed by atoms with Gasteiger partial charge in [0.1, 0.15) is 5.60 Å². The summed E-state index contributed by atoms with van der Waals surface area (Å²) in [5, 5.41) is 12.8. The van der Waals surface area contributed by atoms with Crippen LogP contribution in [0, 0.1) is 6.57 Å². The Balaban J connectivity index is 1.85. The molecular weight excluding hydrogens is 382 g/mol. The van der Waals surface area contributed by atoms with E-state index in [1.54, 1.807) is 24.5 Å². The maximum absolute atomic E-state index is 12.2. The van der Waals surface area contributed by atoms with Crippen LogP contribution in [-0.2, 0) is 4.74 Å². The molecule has 0 aliphatic carbocycles. The molecule has 0 spiro atoms. The lowest BCUT2D eigenvalue weighted by Crippen LogP contribution is -2.40. The van der Waals surface area contributed by atoms with Crippen molar-refractivity contribution in [2.75, 3.05) is 23.8 Å². The second-order valence-electron chi connectivity index (χ2n) is 8.35. The average molecular weight is 409 g/mol. The molecule has 1 aromatic carbocycles. The van der Waals surface area contributed by atoms with E-state index in [0.29, 0.717) is 24.3 Å². The first-order valence-electron chi connectivity index (χ1n) is 9.80. The third-order valence-corrected chi connectivity index (χ3v) is 4.92. The van der Waals surface area contributed by atoms with E-state index in [4.69, 9.17) is 17.0 Å². The number of anilines is 2. The number of pyridine rings is 1. The van der Waals surface area contributed by atoms with Crippen LogP contribution < -0.4 is 16.0 Å². The van der Waals surface area contributed by atoms with Crippen LogP contribution in [0.5, 0.6) is 0 Å². The molecule has 1 aliphatic heterocycles. The van der Waals surface area contributed by atoms with E-state index in [0.717, 1.165) is 16.8 Å². The number of hydrogen-bond acceptors (Lipinski definition) is 6. The number of ether oxygens (including phenoxy) is 1. The first-order valence-corrected chi connectivity index (χ1v) is 9.80. The molecule has 0 radical (unpaired) electrons. The number of aliphatic hydroxyl groups excluding tert-OH is 1.